The molecule has 2 heterocycles. The third-order valence-electron chi connectivity index (χ3n) is 5.43. The van der Waals surface area contributed by atoms with Crippen molar-refractivity contribution in [3.05, 3.63) is 40.7 Å². The van der Waals surface area contributed by atoms with Crippen LogP contribution in [0.25, 0.3) is 0 Å². The maximum atomic E-state index is 13.3. The molecule has 1 unspecified atom stereocenters. The van der Waals surface area contributed by atoms with Gasteiger partial charge in [-0.05, 0) is 44.9 Å². The molecule has 1 saturated heterocycles. The minimum atomic E-state index is -1.17. The molecule has 3 rings (SSSR count). The van der Waals surface area contributed by atoms with Crippen molar-refractivity contribution in [3.8, 4) is 0 Å². The van der Waals surface area contributed by atoms with Crippen LogP contribution in [0.5, 0.6) is 0 Å². The molecule has 1 aromatic rings. The van der Waals surface area contributed by atoms with Gasteiger partial charge in [-0.25, -0.2) is 9.38 Å². The van der Waals surface area contributed by atoms with Gasteiger partial charge in [0.15, 0.2) is 0 Å². The standard InChI is InChI=1S/C22H32FN5O2S/c1-3-28(11-10-25-19-6-4-5-17(23)15-19)16(2)26-20-9-14-31(29)21(20)22(24)27-18-7-12-30-13-8-18/h4-6,15,18,25H,3,7-14H2,1-2H3,(H2,24,27). The Hall–Kier alpha value is -2.26. The molecule has 2 aliphatic heterocycles. The van der Waals surface area contributed by atoms with Gasteiger partial charge in [-0.2, -0.15) is 0 Å². The predicted octanol–water partition coefficient (Wildman–Crippen LogP) is 2.88. The molecule has 31 heavy (non-hydrogen) atoms. The number of halogens is 1. The van der Waals surface area contributed by atoms with Gasteiger partial charge in [-0.3, -0.25) is 9.20 Å². The third-order valence-corrected chi connectivity index (χ3v) is 6.91. The number of rotatable bonds is 8. The average molecular weight is 450 g/mol. The summed E-state index contributed by atoms with van der Waals surface area (Å²) >= 11 is 0. The highest BCUT2D eigenvalue weighted by Crippen LogP contribution is 2.25. The number of nitrogens with one attached hydrogen (secondary N) is 1. The second-order valence-electron chi connectivity index (χ2n) is 7.61. The molecule has 0 bridgehead atoms. The zero-order valence-corrected chi connectivity index (χ0v) is 19.1. The monoisotopic (exact) mass is 449 g/mol. The number of hydrogen-bond donors (Lipinski definition) is 2. The molecule has 0 saturated carbocycles. The van der Waals surface area contributed by atoms with Crippen LogP contribution in [0.4, 0.5) is 10.1 Å². The minimum absolute atomic E-state index is 0.117. The van der Waals surface area contributed by atoms with E-state index in [-0.39, 0.29) is 11.9 Å². The summed E-state index contributed by atoms with van der Waals surface area (Å²) in [7, 11) is -1.17. The zero-order valence-electron chi connectivity index (χ0n) is 18.3. The minimum Gasteiger partial charge on any atom is -0.383 e. The lowest BCUT2D eigenvalue weighted by molar-refractivity contribution is 0.0871. The summed E-state index contributed by atoms with van der Waals surface area (Å²) < 4.78 is 31.3. The number of aliphatic imine (C=N–C) groups is 2. The molecule has 0 spiro atoms. The van der Waals surface area contributed by atoms with Crippen molar-refractivity contribution in [2.24, 2.45) is 15.7 Å². The van der Waals surface area contributed by atoms with Crippen LogP contribution in [-0.4, -0.2) is 65.4 Å². The summed E-state index contributed by atoms with van der Waals surface area (Å²) in [5.74, 6) is 1.46. The Morgan fingerprint density at radius 3 is 2.87 bits per heavy atom. The fourth-order valence-corrected chi connectivity index (χ4v) is 5.00. The lowest BCUT2D eigenvalue weighted by Gasteiger charge is -2.23. The summed E-state index contributed by atoms with van der Waals surface area (Å²) in [5, 5.41) is 3.23. The topological polar surface area (TPSA) is 92.3 Å². The van der Waals surface area contributed by atoms with E-state index in [0.717, 1.165) is 36.6 Å². The van der Waals surface area contributed by atoms with E-state index in [2.05, 4.69) is 22.1 Å². The fourth-order valence-electron chi connectivity index (χ4n) is 3.73. The number of allylic oxidation sites excluding steroid dienone is 1. The second kappa shape index (κ2) is 11.4. The van der Waals surface area contributed by atoms with Crippen LogP contribution in [0.3, 0.4) is 0 Å². The first kappa shape index (κ1) is 23.4. The highest BCUT2D eigenvalue weighted by Gasteiger charge is 2.26. The van der Waals surface area contributed by atoms with Crippen molar-refractivity contribution in [1.82, 2.24) is 4.90 Å². The molecule has 1 atom stereocenters. The summed E-state index contributed by atoms with van der Waals surface area (Å²) in [6.45, 7) is 7.51. The van der Waals surface area contributed by atoms with Gasteiger partial charge in [-0.15, -0.1) is 0 Å². The van der Waals surface area contributed by atoms with Crippen molar-refractivity contribution in [3.63, 3.8) is 0 Å². The van der Waals surface area contributed by atoms with Gasteiger partial charge >= 0.3 is 0 Å². The van der Waals surface area contributed by atoms with Crippen molar-refractivity contribution in [2.45, 2.75) is 39.2 Å². The number of nitrogens with two attached hydrogens (primary N) is 1. The smallest absolute Gasteiger partial charge is 0.136 e. The van der Waals surface area contributed by atoms with Crippen LogP contribution in [0, 0.1) is 5.82 Å². The lowest BCUT2D eigenvalue weighted by atomic mass is 10.1. The Bertz CT molecular complexity index is 880. The van der Waals surface area contributed by atoms with Gasteiger partial charge in [0.1, 0.15) is 22.4 Å². The van der Waals surface area contributed by atoms with Gasteiger partial charge in [0.05, 0.1) is 22.5 Å². The number of hydrogen-bond acceptors (Lipinski definition) is 5. The molecule has 0 amide bonds. The Labute approximate surface area is 186 Å². The number of likely N-dealkylation sites (N-methyl/N-ethyl adjacent to an activating group) is 1. The van der Waals surface area contributed by atoms with Crippen molar-refractivity contribution >= 4 is 28.2 Å². The lowest BCUT2D eigenvalue weighted by Crippen LogP contribution is -2.33. The third kappa shape index (κ3) is 6.61. The largest absolute Gasteiger partial charge is 0.383 e. The summed E-state index contributed by atoms with van der Waals surface area (Å²) in [6.07, 6.45) is 2.29. The van der Waals surface area contributed by atoms with Gasteiger partial charge in [0, 0.05) is 50.7 Å². The number of nitrogens with zero attached hydrogens (tertiary/aromatic N) is 3. The fraction of sp³-hybridized carbons (Fsp3) is 0.545. The normalized spacial score (nSPS) is 20.9. The Morgan fingerprint density at radius 1 is 1.39 bits per heavy atom. The molecular weight excluding hydrogens is 417 g/mol. The predicted molar refractivity (Wildman–Crippen MR) is 125 cm³/mol. The molecule has 9 heteroatoms. The summed E-state index contributed by atoms with van der Waals surface area (Å²) in [4.78, 5) is 12.1. The highest BCUT2D eigenvalue weighted by molar-refractivity contribution is 7.90. The zero-order chi connectivity index (χ0) is 22.2. The first-order chi connectivity index (χ1) is 15.0. The van der Waals surface area contributed by atoms with E-state index >= 15 is 0 Å². The van der Waals surface area contributed by atoms with Crippen LogP contribution in [-0.2, 0) is 15.5 Å². The summed E-state index contributed by atoms with van der Waals surface area (Å²) in [5.41, 5.74) is 7.78. The van der Waals surface area contributed by atoms with Crippen LogP contribution in [0.1, 0.15) is 33.1 Å². The number of anilines is 1. The van der Waals surface area contributed by atoms with E-state index < -0.39 is 10.8 Å². The molecule has 7 nitrogen and oxygen atoms in total. The molecule has 3 N–H and O–H groups in total. The van der Waals surface area contributed by atoms with E-state index in [1.807, 2.05) is 13.0 Å². The summed E-state index contributed by atoms with van der Waals surface area (Å²) in [6, 6.07) is 6.54. The number of amidine groups is 2. The first-order valence-corrected chi connectivity index (χ1v) is 12.1. The second-order valence-corrected chi connectivity index (χ2v) is 9.12. The molecule has 170 valence electrons. The van der Waals surface area contributed by atoms with Crippen molar-refractivity contribution < 1.29 is 13.3 Å². The first-order valence-electron chi connectivity index (χ1n) is 10.8. The van der Waals surface area contributed by atoms with Crippen LogP contribution < -0.4 is 11.1 Å². The molecule has 0 aliphatic carbocycles. The van der Waals surface area contributed by atoms with Crippen LogP contribution >= 0.6 is 0 Å². The van der Waals surface area contributed by atoms with Crippen molar-refractivity contribution in [2.75, 3.05) is 43.9 Å². The number of ether oxygens (including phenoxy) is 1. The quantitative estimate of drug-likeness (QED) is 0.470. The van der Waals surface area contributed by atoms with Gasteiger partial charge in [0.2, 0.25) is 0 Å². The maximum absolute atomic E-state index is 13.3. The molecule has 0 radical (unpaired) electrons. The Morgan fingerprint density at radius 2 is 2.16 bits per heavy atom. The van der Waals surface area contributed by atoms with E-state index in [1.165, 1.54) is 12.1 Å². The molecule has 2 aliphatic rings. The highest BCUT2D eigenvalue weighted by atomic mass is 32.2. The molecule has 0 aromatic heterocycles. The van der Waals surface area contributed by atoms with Crippen molar-refractivity contribution in [1.29, 1.82) is 0 Å². The Kier molecular flexibility index (Phi) is 8.60. The van der Waals surface area contributed by atoms with Gasteiger partial charge in [0.25, 0.3) is 0 Å². The average Bonchev–Trinajstić information content (AvgIpc) is 3.12. The van der Waals surface area contributed by atoms with E-state index in [9.17, 15) is 8.60 Å². The molecule has 1 fully saturated rings. The number of benzene rings is 1. The molecular formula is C22H32FN5O2S. The van der Waals surface area contributed by atoms with Crippen LogP contribution in [0.15, 0.2) is 44.9 Å². The van der Waals surface area contributed by atoms with E-state index in [4.69, 9.17) is 15.5 Å². The molecule has 1 aromatic carbocycles. The van der Waals surface area contributed by atoms with Crippen LogP contribution in [0.2, 0.25) is 0 Å². The van der Waals surface area contributed by atoms with Gasteiger partial charge in [-0.1, -0.05) is 6.07 Å². The maximum Gasteiger partial charge on any atom is 0.136 e. The van der Waals surface area contributed by atoms with E-state index in [0.29, 0.717) is 49.2 Å². The van der Waals surface area contributed by atoms with Gasteiger partial charge < -0.3 is 20.7 Å². The van der Waals surface area contributed by atoms with E-state index in [1.54, 1.807) is 6.07 Å². The SMILES string of the molecule is CCN(CCNc1cccc(F)c1)C(C)=NC1=C(C(N)=NC2CCOCC2)S(=O)CC1. The Balaban J connectivity index is 1.68.